The summed E-state index contributed by atoms with van der Waals surface area (Å²) in [7, 11) is 0. The van der Waals surface area contributed by atoms with Gasteiger partial charge in [0, 0.05) is 13.1 Å². The SMILES string of the molecule is CCN(CC)C(=O)C1(NC(=O)CSc2nc3ccccc3o2)CCCCC1. The highest BCUT2D eigenvalue weighted by molar-refractivity contribution is 7.99. The number of aromatic nitrogens is 1. The quantitative estimate of drug-likeness (QED) is 0.732. The number of thioether (sulfide) groups is 1. The highest BCUT2D eigenvalue weighted by Crippen LogP contribution is 2.31. The van der Waals surface area contributed by atoms with E-state index in [1.165, 1.54) is 11.8 Å². The standard InChI is InChI=1S/C20H27N3O3S/c1-3-23(4-2)18(25)20(12-8-5-9-13-20)22-17(24)14-27-19-21-15-10-6-7-11-16(15)26-19/h6-7,10-11H,3-5,8-9,12-14H2,1-2H3,(H,22,24). The van der Waals surface area contributed by atoms with Crippen molar-refractivity contribution in [2.24, 2.45) is 0 Å². The van der Waals surface area contributed by atoms with Crippen molar-refractivity contribution in [2.45, 2.75) is 56.7 Å². The first-order valence-electron chi connectivity index (χ1n) is 9.66. The predicted octanol–water partition coefficient (Wildman–Crippen LogP) is 3.61. The van der Waals surface area contributed by atoms with Crippen molar-refractivity contribution in [3.63, 3.8) is 0 Å². The van der Waals surface area contributed by atoms with Crippen LogP contribution in [-0.4, -0.2) is 46.1 Å². The highest BCUT2D eigenvalue weighted by atomic mass is 32.2. The fraction of sp³-hybridized carbons (Fsp3) is 0.550. The molecule has 7 heteroatoms. The Morgan fingerprint density at radius 2 is 1.89 bits per heavy atom. The molecule has 1 heterocycles. The molecule has 2 aromatic rings. The Kier molecular flexibility index (Phi) is 6.42. The molecule has 1 saturated carbocycles. The third-order valence-electron chi connectivity index (χ3n) is 5.15. The van der Waals surface area contributed by atoms with Crippen LogP contribution in [0.25, 0.3) is 11.1 Å². The monoisotopic (exact) mass is 389 g/mol. The summed E-state index contributed by atoms with van der Waals surface area (Å²) in [6.07, 6.45) is 4.46. The summed E-state index contributed by atoms with van der Waals surface area (Å²) in [4.78, 5) is 31.9. The minimum Gasteiger partial charge on any atom is -0.431 e. The van der Waals surface area contributed by atoms with Crippen LogP contribution in [0.3, 0.4) is 0 Å². The van der Waals surface area contributed by atoms with E-state index in [9.17, 15) is 9.59 Å². The molecule has 0 bridgehead atoms. The smallest absolute Gasteiger partial charge is 0.257 e. The van der Waals surface area contributed by atoms with E-state index in [0.29, 0.717) is 36.7 Å². The van der Waals surface area contributed by atoms with Crippen LogP contribution in [0.1, 0.15) is 46.0 Å². The lowest BCUT2D eigenvalue weighted by Gasteiger charge is -2.40. The number of benzene rings is 1. The number of carbonyl (C=O) groups excluding carboxylic acids is 2. The third-order valence-corrected chi connectivity index (χ3v) is 5.97. The number of oxazole rings is 1. The van der Waals surface area contributed by atoms with E-state index in [0.717, 1.165) is 24.8 Å². The molecule has 0 unspecified atom stereocenters. The number of likely N-dealkylation sites (N-methyl/N-ethyl adjacent to an activating group) is 1. The molecule has 2 amide bonds. The van der Waals surface area contributed by atoms with Gasteiger partial charge in [0.2, 0.25) is 11.8 Å². The van der Waals surface area contributed by atoms with Crippen LogP contribution in [0.2, 0.25) is 0 Å². The predicted molar refractivity (Wildman–Crippen MR) is 107 cm³/mol. The lowest BCUT2D eigenvalue weighted by molar-refractivity contribution is -0.142. The molecule has 1 aliphatic rings. The summed E-state index contributed by atoms with van der Waals surface area (Å²) >= 11 is 1.26. The fourth-order valence-electron chi connectivity index (χ4n) is 3.70. The summed E-state index contributed by atoms with van der Waals surface area (Å²) in [5.41, 5.74) is 0.727. The number of para-hydroxylation sites is 2. The zero-order chi connectivity index (χ0) is 19.3. The first-order valence-corrected chi connectivity index (χ1v) is 10.7. The Morgan fingerprint density at radius 1 is 1.19 bits per heavy atom. The van der Waals surface area contributed by atoms with Crippen molar-refractivity contribution in [3.8, 4) is 0 Å². The summed E-state index contributed by atoms with van der Waals surface area (Å²) in [5.74, 6) is 0.0807. The lowest BCUT2D eigenvalue weighted by atomic mass is 9.80. The van der Waals surface area contributed by atoms with Gasteiger partial charge in [-0.2, -0.15) is 0 Å². The first kappa shape index (κ1) is 19.7. The second kappa shape index (κ2) is 8.78. The van der Waals surface area contributed by atoms with E-state index >= 15 is 0 Å². The van der Waals surface area contributed by atoms with Gasteiger partial charge < -0.3 is 14.6 Å². The van der Waals surface area contributed by atoms with Crippen LogP contribution < -0.4 is 5.32 Å². The molecule has 1 aromatic heterocycles. The number of nitrogens with one attached hydrogen (secondary N) is 1. The number of hydrogen-bond acceptors (Lipinski definition) is 5. The van der Waals surface area contributed by atoms with Gasteiger partial charge in [0.05, 0.1) is 5.75 Å². The van der Waals surface area contributed by atoms with Crippen molar-refractivity contribution in [1.82, 2.24) is 15.2 Å². The zero-order valence-electron chi connectivity index (χ0n) is 16.0. The number of carbonyl (C=O) groups is 2. The second-order valence-corrected chi connectivity index (χ2v) is 7.83. The van der Waals surface area contributed by atoms with Gasteiger partial charge in [0.1, 0.15) is 11.1 Å². The Labute approximate surface area is 164 Å². The maximum absolute atomic E-state index is 13.1. The second-order valence-electron chi connectivity index (χ2n) is 6.90. The van der Waals surface area contributed by atoms with Gasteiger partial charge in [-0.3, -0.25) is 9.59 Å². The van der Waals surface area contributed by atoms with Gasteiger partial charge in [0.15, 0.2) is 5.58 Å². The Hall–Kier alpha value is -2.02. The highest BCUT2D eigenvalue weighted by Gasteiger charge is 2.42. The Balaban J connectivity index is 1.66. The number of fused-ring (bicyclic) bond motifs is 1. The van der Waals surface area contributed by atoms with Gasteiger partial charge in [-0.05, 0) is 38.8 Å². The van der Waals surface area contributed by atoms with Gasteiger partial charge in [-0.15, -0.1) is 0 Å². The van der Waals surface area contributed by atoms with Crippen LogP contribution in [0.15, 0.2) is 33.9 Å². The van der Waals surface area contributed by atoms with E-state index in [-0.39, 0.29) is 17.6 Å². The van der Waals surface area contributed by atoms with E-state index in [1.54, 1.807) is 0 Å². The van der Waals surface area contributed by atoms with Crippen LogP contribution >= 0.6 is 11.8 Å². The molecule has 0 aliphatic heterocycles. The molecular weight excluding hydrogens is 362 g/mol. The molecule has 1 aromatic carbocycles. The van der Waals surface area contributed by atoms with Crippen LogP contribution in [0.5, 0.6) is 0 Å². The normalized spacial score (nSPS) is 16.2. The molecule has 1 N–H and O–H groups in total. The molecule has 0 saturated heterocycles. The van der Waals surface area contributed by atoms with Crippen molar-refractivity contribution >= 4 is 34.7 Å². The third kappa shape index (κ3) is 4.46. The molecule has 0 spiro atoms. The van der Waals surface area contributed by atoms with E-state index in [2.05, 4.69) is 10.3 Å². The summed E-state index contributed by atoms with van der Waals surface area (Å²) in [6, 6.07) is 7.52. The number of nitrogens with zero attached hydrogens (tertiary/aromatic N) is 2. The summed E-state index contributed by atoms with van der Waals surface area (Å²) in [5, 5.41) is 3.54. The van der Waals surface area contributed by atoms with Crippen LogP contribution in [0.4, 0.5) is 0 Å². The maximum Gasteiger partial charge on any atom is 0.257 e. The van der Waals surface area contributed by atoms with Crippen molar-refractivity contribution in [3.05, 3.63) is 24.3 Å². The van der Waals surface area contributed by atoms with Gasteiger partial charge in [-0.25, -0.2) is 4.98 Å². The molecule has 146 valence electrons. The van der Waals surface area contributed by atoms with Crippen molar-refractivity contribution in [1.29, 1.82) is 0 Å². The van der Waals surface area contributed by atoms with E-state index in [4.69, 9.17) is 4.42 Å². The molecule has 3 rings (SSSR count). The average molecular weight is 390 g/mol. The topological polar surface area (TPSA) is 75.4 Å². The van der Waals surface area contributed by atoms with Crippen molar-refractivity contribution in [2.75, 3.05) is 18.8 Å². The Morgan fingerprint density at radius 3 is 2.56 bits per heavy atom. The van der Waals surface area contributed by atoms with E-state index < -0.39 is 5.54 Å². The average Bonchev–Trinajstić information content (AvgIpc) is 3.11. The zero-order valence-corrected chi connectivity index (χ0v) is 16.8. The van der Waals surface area contributed by atoms with Crippen LogP contribution in [-0.2, 0) is 9.59 Å². The Bertz CT molecular complexity index is 762. The van der Waals surface area contributed by atoms with Crippen molar-refractivity contribution < 1.29 is 14.0 Å². The lowest BCUT2D eigenvalue weighted by Crippen LogP contribution is -2.60. The van der Waals surface area contributed by atoms with Gasteiger partial charge in [0.25, 0.3) is 5.22 Å². The largest absolute Gasteiger partial charge is 0.431 e. The molecule has 1 aliphatic carbocycles. The van der Waals surface area contributed by atoms with Gasteiger partial charge >= 0.3 is 0 Å². The molecule has 1 fully saturated rings. The fourth-order valence-corrected chi connectivity index (χ4v) is 4.34. The number of hydrogen-bond donors (Lipinski definition) is 1. The van der Waals surface area contributed by atoms with Crippen LogP contribution in [0, 0.1) is 0 Å². The number of rotatable bonds is 7. The minimum atomic E-state index is -0.761. The molecule has 6 nitrogen and oxygen atoms in total. The summed E-state index contributed by atoms with van der Waals surface area (Å²) in [6.45, 7) is 5.26. The first-order chi connectivity index (χ1) is 13.1. The molecular formula is C20H27N3O3S. The molecule has 27 heavy (non-hydrogen) atoms. The number of amides is 2. The maximum atomic E-state index is 13.1. The summed E-state index contributed by atoms with van der Waals surface area (Å²) < 4.78 is 5.65. The molecule has 0 atom stereocenters. The molecule has 0 radical (unpaired) electrons. The minimum absolute atomic E-state index is 0.0485. The van der Waals surface area contributed by atoms with Gasteiger partial charge in [-0.1, -0.05) is 43.2 Å². The van der Waals surface area contributed by atoms with E-state index in [1.807, 2.05) is 43.0 Å².